The van der Waals surface area contributed by atoms with Gasteiger partial charge >= 0.3 is 0 Å². The normalized spacial score (nSPS) is 10.3. The van der Waals surface area contributed by atoms with Crippen molar-refractivity contribution in [2.45, 2.75) is 0 Å². The maximum Gasteiger partial charge on any atom is 0.259 e. The van der Waals surface area contributed by atoms with E-state index in [0.717, 1.165) is 0 Å². The van der Waals surface area contributed by atoms with Crippen LogP contribution >= 0.6 is 11.6 Å². The number of amides is 1. The molecule has 0 aliphatic carbocycles. The lowest BCUT2D eigenvalue weighted by Gasteiger charge is -2.17. The first kappa shape index (κ1) is 13.3. The zero-order valence-corrected chi connectivity index (χ0v) is 10.9. The van der Waals surface area contributed by atoms with Gasteiger partial charge in [0.2, 0.25) is 0 Å². The topological polar surface area (TPSA) is 59.2 Å². The predicted molar refractivity (Wildman–Crippen MR) is 72.8 cm³/mol. The maximum atomic E-state index is 12.8. The van der Waals surface area contributed by atoms with Crippen molar-refractivity contribution in [3.8, 4) is 0 Å². The highest BCUT2D eigenvalue weighted by molar-refractivity contribution is 6.33. The van der Waals surface area contributed by atoms with Crippen LogP contribution in [0.1, 0.15) is 10.4 Å². The van der Waals surface area contributed by atoms with Crippen molar-refractivity contribution in [3.05, 3.63) is 52.9 Å². The Bertz CT molecular complexity index is 616. The Morgan fingerprint density at radius 1 is 1.37 bits per heavy atom. The van der Waals surface area contributed by atoms with Crippen molar-refractivity contribution in [2.24, 2.45) is 0 Å². The average Bonchev–Trinajstić information content (AvgIpc) is 2.41. The van der Waals surface area contributed by atoms with E-state index >= 15 is 0 Å². The van der Waals surface area contributed by atoms with Crippen LogP contribution in [0.15, 0.2) is 36.5 Å². The van der Waals surface area contributed by atoms with Crippen molar-refractivity contribution in [1.29, 1.82) is 0 Å². The molecule has 2 rings (SSSR count). The molecule has 1 amide bonds. The lowest BCUT2D eigenvalue weighted by atomic mass is 10.2. The van der Waals surface area contributed by atoms with Gasteiger partial charge in [-0.2, -0.15) is 0 Å². The number of hydrogen-bond donors (Lipinski definition) is 1. The summed E-state index contributed by atoms with van der Waals surface area (Å²) in [6.07, 6.45) is 1.35. The van der Waals surface area contributed by atoms with Crippen LogP contribution in [-0.4, -0.2) is 17.9 Å². The van der Waals surface area contributed by atoms with Crippen molar-refractivity contribution < 1.29 is 9.18 Å². The van der Waals surface area contributed by atoms with E-state index in [1.54, 1.807) is 7.05 Å². The Hall–Kier alpha value is -2.14. The van der Waals surface area contributed by atoms with Crippen LogP contribution in [0, 0.1) is 5.82 Å². The molecule has 0 atom stereocenters. The van der Waals surface area contributed by atoms with Gasteiger partial charge in [-0.3, -0.25) is 4.79 Å². The lowest BCUT2D eigenvalue weighted by Crippen LogP contribution is -2.26. The number of anilines is 2. The zero-order valence-electron chi connectivity index (χ0n) is 10.1. The standard InChI is InChI=1S/C13H11ClFN3O/c1-18(10-4-2-9(15)3-5-10)13(19)8-6-11(14)12(16)17-7-8/h2-7H,1H3,(H2,16,17). The molecular weight excluding hydrogens is 269 g/mol. The van der Waals surface area contributed by atoms with E-state index in [-0.39, 0.29) is 22.6 Å². The van der Waals surface area contributed by atoms with E-state index in [1.165, 1.54) is 41.4 Å². The summed E-state index contributed by atoms with van der Waals surface area (Å²) in [5, 5.41) is 0.221. The van der Waals surface area contributed by atoms with Crippen molar-refractivity contribution in [3.63, 3.8) is 0 Å². The van der Waals surface area contributed by atoms with Gasteiger partial charge in [0.1, 0.15) is 11.6 Å². The Labute approximate surface area is 114 Å². The van der Waals surface area contributed by atoms with E-state index in [0.29, 0.717) is 11.3 Å². The summed E-state index contributed by atoms with van der Waals surface area (Å²) >= 11 is 5.82. The zero-order chi connectivity index (χ0) is 14.0. The third-order valence-corrected chi connectivity index (χ3v) is 2.94. The summed E-state index contributed by atoms with van der Waals surface area (Å²) in [6.45, 7) is 0. The molecule has 6 heteroatoms. The number of aromatic nitrogens is 1. The molecule has 1 aromatic heterocycles. The number of nitrogens with zero attached hydrogens (tertiary/aromatic N) is 2. The molecule has 0 aliphatic rings. The van der Waals surface area contributed by atoms with E-state index in [1.807, 2.05) is 0 Å². The number of nitrogen functional groups attached to an aromatic ring is 1. The number of carbonyl (C=O) groups excluding carboxylic acids is 1. The quantitative estimate of drug-likeness (QED) is 0.919. The smallest absolute Gasteiger partial charge is 0.259 e. The Morgan fingerprint density at radius 3 is 2.58 bits per heavy atom. The van der Waals surface area contributed by atoms with Crippen LogP contribution in [0.4, 0.5) is 15.9 Å². The molecule has 0 fully saturated rings. The number of hydrogen-bond acceptors (Lipinski definition) is 3. The van der Waals surface area contributed by atoms with E-state index in [2.05, 4.69) is 4.98 Å². The van der Waals surface area contributed by atoms with Gasteiger partial charge < -0.3 is 10.6 Å². The second-order valence-electron chi connectivity index (χ2n) is 3.93. The molecule has 0 radical (unpaired) electrons. The predicted octanol–water partition coefficient (Wildman–Crippen LogP) is 2.73. The SMILES string of the molecule is CN(C(=O)c1cnc(N)c(Cl)c1)c1ccc(F)cc1. The van der Waals surface area contributed by atoms with Crippen LogP contribution in [0.3, 0.4) is 0 Å². The molecule has 4 nitrogen and oxygen atoms in total. The van der Waals surface area contributed by atoms with Crippen LogP contribution < -0.4 is 10.6 Å². The summed E-state index contributed by atoms with van der Waals surface area (Å²) in [6, 6.07) is 7.05. The first-order valence-corrected chi connectivity index (χ1v) is 5.81. The van der Waals surface area contributed by atoms with Gasteiger partial charge in [-0.25, -0.2) is 9.37 Å². The molecular formula is C13H11ClFN3O. The van der Waals surface area contributed by atoms with Crippen LogP contribution in [0.2, 0.25) is 5.02 Å². The highest BCUT2D eigenvalue weighted by Gasteiger charge is 2.15. The van der Waals surface area contributed by atoms with Gasteiger partial charge in [0, 0.05) is 18.9 Å². The number of rotatable bonds is 2. The fourth-order valence-electron chi connectivity index (χ4n) is 1.54. The van der Waals surface area contributed by atoms with Gasteiger partial charge in [-0.05, 0) is 30.3 Å². The molecule has 0 spiro atoms. The number of nitrogens with two attached hydrogens (primary N) is 1. The Morgan fingerprint density at radius 2 is 2.00 bits per heavy atom. The molecule has 98 valence electrons. The monoisotopic (exact) mass is 279 g/mol. The second-order valence-corrected chi connectivity index (χ2v) is 4.34. The molecule has 19 heavy (non-hydrogen) atoms. The second kappa shape index (κ2) is 5.24. The molecule has 1 aromatic carbocycles. The first-order valence-electron chi connectivity index (χ1n) is 5.43. The van der Waals surface area contributed by atoms with Crippen molar-refractivity contribution >= 4 is 29.0 Å². The van der Waals surface area contributed by atoms with Gasteiger partial charge in [0.05, 0.1) is 10.6 Å². The highest BCUT2D eigenvalue weighted by Crippen LogP contribution is 2.20. The third kappa shape index (κ3) is 2.82. The minimum absolute atomic E-state index is 0.169. The fourth-order valence-corrected chi connectivity index (χ4v) is 1.71. The van der Waals surface area contributed by atoms with E-state index in [9.17, 15) is 9.18 Å². The summed E-state index contributed by atoms with van der Waals surface area (Å²) in [7, 11) is 1.58. The fraction of sp³-hybridized carbons (Fsp3) is 0.0769. The number of pyridine rings is 1. The van der Waals surface area contributed by atoms with Gasteiger partial charge in [0.15, 0.2) is 0 Å². The summed E-state index contributed by atoms with van der Waals surface area (Å²) < 4.78 is 12.8. The van der Waals surface area contributed by atoms with Crippen LogP contribution in [-0.2, 0) is 0 Å². The Kier molecular flexibility index (Phi) is 3.66. The average molecular weight is 280 g/mol. The van der Waals surface area contributed by atoms with Crippen molar-refractivity contribution in [1.82, 2.24) is 4.98 Å². The first-order chi connectivity index (χ1) is 8.99. The molecule has 1 heterocycles. The van der Waals surface area contributed by atoms with Crippen LogP contribution in [0.25, 0.3) is 0 Å². The largest absolute Gasteiger partial charge is 0.382 e. The summed E-state index contributed by atoms with van der Waals surface area (Å²) in [5.74, 6) is -0.495. The van der Waals surface area contributed by atoms with Crippen LogP contribution in [0.5, 0.6) is 0 Å². The summed E-state index contributed by atoms with van der Waals surface area (Å²) in [5.41, 5.74) is 6.36. The molecule has 0 saturated carbocycles. The number of halogens is 2. The number of benzene rings is 1. The Balaban J connectivity index is 2.28. The van der Waals surface area contributed by atoms with E-state index < -0.39 is 0 Å². The minimum atomic E-state index is -0.359. The number of carbonyl (C=O) groups is 1. The van der Waals surface area contributed by atoms with Gasteiger partial charge in [-0.1, -0.05) is 11.6 Å². The summed E-state index contributed by atoms with van der Waals surface area (Å²) in [4.78, 5) is 17.4. The van der Waals surface area contributed by atoms with Gasteiger partial charge in [0.25, 0.3) is 5.91 Å². The third-order valence-electron chi connectivity index (χ3n) is 2.64. The molecule has 2 aromatic rings. The highest BCUT2D eigenvalue weighted by atomic mass is 35.5. The van der Waals surface area contributed by atoms with Gasteiger partial charge in [-0.15, -0.1) is 0 Å². The molecule has 0 bridgehead atoms. The molecule has 0 aliphatic heterocycles. The maximum absolute atomic E-state index is 12.8. The molecule has 0 unspecified atom stereocenters. The molecule has 2 N–H and O–H groups in total. The lowest BCUT2D eigenvalue weighted by molar-refractivity contribution is 0.0992. The minimum Gasteiger partial charge on any atom is -0.382 e. The van der Waals surface area contributed by atoms with E-state index in [4.69, 9.17) is 17.3 Å². The van der Waals surface area contributed by atoms with Crippen molar-refractivity contribution in [2.75, 3.05) is 17.7 Å². The molecule has 0 saturated heterocycles.